The van der Waals surface area contributed by atoms with Gasteiger partial charge in [0.15, 0.2) is 0 Å². The van der Waals surface area contributed by atoms with E-state index in [1.807, 2.05) is 0 Å². The van der Waals surface area contributed by atoms with E-state index in [2.05, 4.69) is 56.1 Å². The monoisotopic (exact) mass is 232 g/mol. The van der Waals surface area contributed by atoms with Gasteiger partial charge in [0, 0.05) is 31.7 Å². The molecule has 0 bridgehead atoms. The molecule has 1 aromatic rings. The first-order valence-corrected chi connectivity index (χ1v) is 6.55. The van der Waals surface area contributed by atoms with E-state index in [1.165, 1.54) is 16.7 Å². The van der Waals surface area contributed by atoms with Crippen molar-refractivity contribution in [2.75, 3.05) is 26.2 Å². The number of rotatable bonds is 2. The van der Waals surface area contributed by atoms with E-state index in [0.29, 0.717) is 0 Å². The fourth-order valence-electron chi connectivity index (χ4n) is 2.89. The third-order valence-electron chi connectivity index (χ3n) is 3.95. The highest BCUT2D eigenvalue weighted by atomic mass is 15.2. The Hall–Kier alpha value is -0.860. The molecule has 0 radical (unpaired) electrons. The second-order valence-electron chi connectivity index (χ2n) is 5.61. The molecule has 0 saturated carbocycles. The maximum absolute atomic E-state index is 3.42. The van der Waals surface area contributed by atoms with Crippen LogP contribution in [0.25, 0.3) is 0 Å². The molecular weight excluding hydrogens is 208 g/mol. The predicted octanol–water partition coefficient (Wildman–Crippen LogP) is 2.44. The number of aryl methyl sites for hydroxylation is 2. The molecule has 0 unspecified atom stereocenters. The van der Waals surface area contributed by atoms with Gasteiger partial charge in [-0.2, -0.15) is 0 Å². The van der Waals surface area contributed by atoms with Crippen LogP contribution >= 0.6 is 0 Å². The van der Waals surface area contributed by atoms with Gasteiger partial charge >= 0.3 is 0 Å². The van der Waals surface area contributed by atoms with Crippen LogP contribution in [0, 0.1) is 13.8 Å². The SMILES string of the molecule is Cc1ccc(C(C)(C)N2CCNCC2)c(C)c1. The molecule has 0 amide bonds. The molecule has 0 atom stereocenters. The van der Waals surface area contributed by atoms with Crippen molar-refractivity contribution in [3.05, 3.63) is 34.9 Å². The Labute approximate surface area is 105 Å². The van der Waals surface area contributed by atoms with E-state index in [0.717, 1.165) is 26.2 Å². The van der Waals surface area contributed by atoms with E-state index >= 15 is 0 Å². The molecule has 1 saturated heterocycles. The summed E-state index contributed by atoms with van der Waals surface area (Å²) in [7, 11) is 0. The average Bonchev–Trinajstić information content (AvgIpc) is 2.29. The second-order valence-corrected chi connectivity index (χ2v) is 5.61. The van der Waals surface area contributed by atoms with E-state index in [-0.39, 0.29) is 5.54 Å². The van der Waals surface area contributed by atoms with E-state index in [1.54, 1.807) is 0 Å². The summed E-state index contributed by atoms with van der Waals surface area (Å²) in [6, 6.07) is 6.82. The van der Waals surface area contributed by atoms with Crippen LogP contribution in [0.4, 0.5) is 0 Å². The number of hydrogen-bond donors (Lipinski definition) is 1. The van der Waals surface area contributed by atoms with Crippen molar-refractivity contribution in [3.8, 4) is 0 Å². The van der Waals surface area contributed by atoms with Crippen LogP contribution in [-0.4, -0.2) is 31.1 Å². The standard InChI is InChI=1S/C15H24N2/c1-12-5-6-14(13(2)11-12)15(3,4)17-9-7-16-8-10-17/h5-6,11,16H,7-10H2,1-4H3. The fourth-order valence-corrected chi connectivity index (χ4v) is 2.89. The molecule has 0 aromatic heterocycles. The zero-order valence-corrected chi connectivity index (χ0v) is 11.5. The van der Waals surface area contributed by atoms with Crippen molar-refractivity contribution in [2.45, 2.75) is 33.2 Å². The highest BCUT2D eigenvalue weighted by Crippen LogP contribution is 2.30. The number of nitrogens with one attached hydrogen (secondary N) is 1. The first-order chi connectivity index (χ1) is 8.01. The maximum Gasteiger partial charge on any atom is 0.0408 e. The Morgan fingerprint density at radius 2 is 1.76 bits per heavy atom. The Balaban J connectivity index is 2.29. The molecular formula is C15H24N2. The van der Waals surface area contributed by atoms with Crippen molar-refractivity contribution in [2.24, 2.45) is 0 Å². The fraction of sp³-hybridized carbons (Fsp3) is 0.600. The molecule has 94 valence electrons. The van der Waals surface area contributed by atoms with Crippen LogP contribution in [0.1, 0.15) is 30.5 Å². The summed E-state index contributed by atoms with van der Waals surface area (Å²) in [5.41, 5.74) is 4.36. The first kappa shape index (κ1) is 12.6. The van der Waals surface area contributed by atoms with E-state index in [4.69, 9.17) is 0 Å². The minimum atomic E-state index is 0.139. The van der Waals surface area contributed by atoms with Crippen LogP contribution in [-0.2, 0) is 5.54 Å². The summed E-state index contributed by atoms with van der Waals surface area (Å²) in [4.78, 5) is 2.58. The Morgan fingerprint density at radius 3 is 2.35 bits per heavy atom. The normalized spacial score (nSPS) is 18.4. The van der Waals surface area contributed by atoms with Gasteiger partial charge < -0.3 is 5.32 Å². The summed E-state index contributed by atoms with van der Waals surface area (Å²) in [5, 5.41) is 3.42. The molecule has 0 aliphatic carbocycles. The minimum Gasteiger partial charge on any atom is -0.314 e. The van der Waals surface area contributed by atoms with Gasteiger partial charge in [0.05, 0.1) is 0 Å². The van der Waals surface area contributed by atoms with Gasteiger partial charge in [-0.15, -0.1) is 0 Å². The average molecular weight is 232 g/mol. The zero-order chi connectivity index (χ0) is 12.5. The minimum absolute atomic E-state index is 0.139. The predicted molar refractivity (Wildman–Crippen MR) is 73.4 cm³/mol. The number of nitrogens with zero attached hydrogens (tertiary/aromatic N) is 1. The van der Waals surface area contributed by atoms with Crippen LogP contribution < -0.4 is 5.32 Å². The summed E-state index contributed by atoms with van der Waals surface area (Å²) < 4.78 is 0. The molecule has 1 aliphatic heterocycles. The summed E-state index contributed by atoms with van der Waals surface area (Å²) in [6.45, 7) is 13.6. The molecule has 17 heavy (non-hydrogen) atoms. The van der Waals surface area contributed by atoms with Crippen molar-refractivity contribution in [1.29, 1.82) is 0 Å². The highest BCUT2D eigenvalue weighted by molar-refractivity contribution is 5.35. The number of piperazine rings is 1. The van der Waals surface area contributed by atoms with Crippen LogP contribution in [0.3, 0.4) is 0 Å². The van der Waals surface area contributed by atoms with Crippen molar-refractivity contribution in [3.63, 3.8) is 0 Å². The number of hydrogen-bond acceptors (Lipinski definition) is 2. The quantitative estimate of drug-likeness (QED) is 0.842. The summed E-state index contributed by atoms with van der Waals surface area (Å²) in [6.07, 6.45) is 0. The lowest BCUT2D eigenvalue weighted by atomic mass is 9.87. The Bertz CT molecular complexity index is 390. The molecule has 1 fully saturated rings. The molecule has 1 heterocycles. The van der Waals surface area contributed by atoms with Crippen LogP contribution in [0.2, 0.25) is 0 Å². The third-order valence-corrected chi connectivity index (χ3v) is 3.95. The Kier molecular flexibility index (Phi) is 3.55. The van der Waals surface area contributed by atoms with Gasteiger partial charge in [0.1, 0.15) is 0 Å². The van der Waals surface area contributed by atoms with Crippen molar-refractivity contribution < 1.29 is 0 Å². The maximum atomic E-state index is 3.42. The smallest absolute Gasteiger partial charge is 0.0408 e. The largest absolute Gasteiger partial charge is 0.314 e. The topological polar surface area (TPSA) is 15.3 Å². The molecule has 2 heteroatoms. The van der Waals surface area contributed by atoms with E-state index < -0.39 is 0 Å². The summed E-state index contributed by atoms with van der Waals surface area (Å²) in [5.74, 6) is 0. The van der Waals surface area contributed by atoms with Gasteiger partial charge in [0.2, 0.25) is 0 Å². The second kappa shape index (κ2) is 4.79. The molecule has 1 N–H and O–H groups in total. The Morgan fingerprint density at radius 1 is 1.12 bits per heavy atom. The molecule has 1 aliphatic rings. The molecule has 2 rings (SSSR count). The molecule has 2 nitrogen and oxygen atoms in total. The van der Waals surface area contributed by atoms with Crippen molar-refractivity contribution >= 4 is 0 Å². The summed E-state index contributed by atoms with van der Waals surface area (Å²) >= 11 is 0. The molecule has 1 aromatic carbocycles. The third kappa shape index (κ3) is 2.53. The van der Waals surface area contributed by atoms with Crippen LogP contribution in [0.15, 0.2) is 18.2 Å². The number of benzene rings is 1. The van der Waals surface area contributed by atoms with Gasteiger partial charge in [-0.1, -0.05) is 23.8 Å². The highest BCUT2D eigenvalue weighted by Gasteiger charge is 2.30. The lowest BCUT2D eigenvalue weighted by Crippen LogP contribution is -2.52. The van der Waals surface area contributed by atoms with Gasteiger partial charge in [0.25, 0.3) is 0 Å². The van der Waals surface area contributed by atoms with Crippen LogP contribution in [0.5, 0.6) is 0 Å². The molecule has 0 spiro atoms. The first-order valence-electron chi connectivity index (χ1n) is 6.55. The van der Waals surface area contributed by atoms with Gasteiger partial charge in [-0.05, 0) is 38.8 Å². The zero-order valence-electron chi connectivity index (χ0n) is 11.5. The van der Waals surface area contributed by atoms with Crippen molar-refractivity contribution in [1.82, 2.24) is 10.2 Å². The lowest BCUT2D eigenvalue weighted by molar-refractivity contribution is 0.102. The van der Waals surface area contributed by atoms with Gasteiger partial charge in [-0.25, -0.2) is 0 Å². The lowest BCUT2D eigenvalue weighted by Gasteiger charge is -2.42. The van der Waals surface area contributed by atoms with Gasteiger partial charge in [-0.3, -0.25) is 4.90 Å². The van der Waals surface area contributed by atoms with E-state index in [9.17, 15) is 0 Å².